The number of hydrogen-bond donors (Lipinski definition) is 0. The molecule has 0 amide bonds. The molecule has 59 heavy (non-hydrogen) atoms. The van der Waals surface area contributed by atoms with Gasteiger partial charge in [-0.25, -0.2) is 0 Å². The Hall–Kier alpha value is -7.26. The Morgan fingerprint density at radius 2 is 0.966 bits per heavy atom. The van der Waals surface area contributed by atoms with Gasteiger partial charge in [0, 0.05) is 36.8 Å². The van der Waals surface area contributed by atoms with Crippen LogP contribution in [-0.2, 0) is 5.41 Å². The van der Waals surface area contributed by atoms with Crippen LogP contribution in [0.2, 0.25) is 0 Å². The molecule has 12 rings (SSSR count). The summed E-state index contributed by atoms with van der Waals surface area (Å²) >= 11 is 1.86. The quantitative estimate of drug-likeness (QED) is 0.152. The van der Waals surface area contributed by atoms with E-state index in [2.05, 4.69) is 229 Å². The number of hydrogen-bond acceptors (Lipinski definition) is 2. The van der Waals surface area contributed by atoms with Crippen molar-refractivity contribution in [2.24, 2.45) is 0 Å². The fraction of sp³-hybridized carbons (Fsp3) is 0.0175. The van der Waals surface area contributed by atoms with E-state index in [1.165, 1.54) is 86.2 Å². The van der Waals surface area contributed by atoms with Crippen LogP contribution in [0.1, 0.15) is 22.3 Å². The average molecular weight is 768 g/mol. The van der Waals surface area contributed by atoms with E-state index in [1.54, 1.807) is 0 Å². The molecule has 0 atom stereocenters. The van der Waals surface area contributed by atoms with Gasteiger partial charge in [0.1, 0.15) is 0 Å². The molecule has 0 N–H and O–H groups in total. The van der Waals surface area contributed by atoms with Crippen LogP contribution in [-0.4, -0.2) is 0 Å². The molecule has 1 aromatic heterocycles. The first-order valence-corrected chi connectivity index (χ1v) is 21.2. The van der Waals surface area contributed by atoms with Crippen LogP contribution in [0.25, 0.3) is 64.0 Å². The van der Waals surface area contributed by atoms with Crippen molar-refractivity contribution in [1.82, 2.24) is 0 Å². The van der Waals surface area contributed by atoms with Crippen LogP contribution in [0.4, 0.5) is 17.1 Å². The van der Waals surface area contributed by atoms with Gasteiger partial charge in [0.2, 0.25) is 0 Å². The summed E-state index contributed by atoms with van der Waals surface area (Å²) in [7, 11) is 0. The Bertz CT molecular complexity index is 3340. The number of fused-ring (bicyclic) bond motifs is 9. The Morgan fingerprint density at radius 3 is 1.78 bits per heavy atom. The number of thiophene rings is 1. The molecule has 0 saturated carbocycles. The highest BCUT2D eigenvalue weighted by Gasteiger charge is 2.47. The van der Waals surface area contributed by atoms with Gasteiger partial charge in [-0.1, -0.05) is 182 Å². The molecule has 1 aliphatic rings. The lowest BCUT2D eigenvalue weighted by atomic mass is 9.68. The molecule has 11 aromatic rings. The van der Waals surface area contributed by atoms with E-state index in [0.29, 0.717) is 0 Å². The van der Waals surface area contributed by atoms with Gasteiger partial charge in [0.05, 0.1) is 16.8 Å². The molecule has 276 valence electrons. The first-order valence-electron chi connectivity index (χ1n) is 20.3. The summed E-state index contributed by atoms with van der Waals surface area (Å²) in [5.74, 6) is 0. The van der Waals surface area contributed by atoms with Crippen LogP contribution in [0.3, 0.4) is 0 Å². The minimum absolute atomic E-state index is 0.504. The number of nitrogens with zero attached hydrogens (tertiary/aromatic N) is 1. The monoisotopic (exact) mass is 767 g/mol. The van der Waals surface area contributed by atoms with Crippen molar-refractivity contribution in [3.8, 4) is 22.3 Å². The average Bonchev–Trinajstić information content (AvgIpc) is 3.84. The van der Waals surface area contributed by atoms with Crippen molar-refractivity contribution < 1.29 is 0 Å². The lowest BCUT2D eigenvalue weighted by Crippen LogP contribution is -2.28. The highest BCUT2D eigenvalue weighted by atomic mass is 32.1. The zero-order chi connectivity index (χ0) is 38.9. The first-order chi connectivity index (χ1) is 29.3. The van der Waals surface area contributed by atoms with E-state index in [1.807, 2.05) is 11.3 Å². The van der Waals surface area contributed by atoms with Crippen LogP contribution < -0.4 is 4.90 Å². The molecule has 0 fully saturated rings. The van der Waals surface area contributed by atoms with Crippen LogP contribution in [0.5, 0.6) is 0 Å². The summed E-state index contributed by atoms with van der Waals surface area (Å²) < 4.78 is 2.65. The van der Waals surface area contributed by atoms with E-state index in [9.17, 15) is 0 Å². The highest BCUT2D eigenvalue weighted by molar-refractivity contribution is 7.25. The molecule has 0 bridgehead atoms. The molecule has 1 heterocycles. The van der Waals surface area contributed by atoms with Crippen molar-refractivity contribution in [1.29, 1.82) is 0 Å². The third-order valence-corrected chi connectivity index (χ3v) is 13.7. The van der Waals surface area contributed by atoms with Crippen molar-refractivity contribution in [3.63, 3.8) is 0 Å². The second kappa shape index (κ2) is 13.4. The molecule has 10 aromatic carbocycles. The maximum Gasteiger partial charge on any atom is 0.0714 e. The Labute approximate surface area is 347 Å². The lowest BCUT2D eigenvalue weighted by Gasteiger charge is -2.34. The summed E-state index contributed by atoms with van der Waals surface area (Å²) in [6.07, 6.45) is 0. The topological polar surface area (TPSA) is 3.24 Å². The SMILES string of the molecule is c1ccc(C2(c3ccccc3)c3ccccc3-c3c(N(c4ccc(-c5ccc6sc7ccccc7c6c5)cc4)c4cccc5ccc6ccccc6c45)cccc32)cc1. The van der Waals surface area contributed by atoms with Gasteiger partial charge in [0.15, 0.2) is 0 Å². The van der Waals surface area contributed by atoms with Gasteiger partial charge >= 0.3 is 0 Å². The molecular formula is C57H37NS. The van der Waals surface area contributed by atoms with E-state index >= 15 is 0 Å². The molecule has 0 saturated heterocycles. The standard InChI is InChI=1S/C57H37NS/c1-3-17-42(18-4-1)57(43-19-5-2-6-20-43)49-24-11-9-23-47(49)56-50(57)25-14-27-52(56)58(51-26-13-16-40-30-29-39-15-7-8-21-45(39)55(40)51)44-34-31-38(32-35-44)41-33-36-54-48(37-41)46-22-10-12-28-53(46)59-54/h1-37H. The summed E-state index contributed by atoms with van der Waals surface area (Å²) in [4.78, 5) is 2.52. The predicted octanol–water partition coefficient (Wildman–Crippen LogP) is 15.9. The van der Waals surface area contributed by atoms with E-state index < -0.39 is 5.41 Å². The fourth-order valence-corrected chi connectivity index (χ4v) is 11.1. The van der Waals surface area contributed by atoms with Gasteiger partial charge in [-0.05, 0) is 97.6 Å². The predicted molar refractivity (Wildman–Crippen MR) is 252 cm³/mol. The van der Waals surface area contributed by atoms with E-state index in [0.717, 1.165) is 17.1 Å². The smallest absolute Gasteiger partial charge is 0.0714 e. The second-order valence-electron chi connectivity index (χ2n) is 15.6. The normalized spacial score (nSPS) is 12.9. The lowest BCUT2D eigenvalue weighted by molar-refractivity contribution is 0.768. The van der Waals surface area contributed by atoms with Crippen molar-refractivity contribution in [2.75, 3.05) is 4.90 Å². The highest BCUT2D eigenvalue weighted by Crippen LogP contribution is 2.60. The molecule has 0 spiro atoms. The maximum absolute atomic E-state index is 2.52. The second-order valence-corrected chi connectivity index (χ2v) is 16.7. The molecule has 1 aliphatic carbocycles. The van der Waals surface area contributed by atoms with Gasteiger partial charge in [-0.2, -0.15) is 0 Å². The number of benzene rings is 10. The summed E-state index contributed by atoms with van der Waals surface area (Å²) in [5, 5.41) is 7.57. The number of anilines is 3. The Morgan fingerprint density at radius 1 is 0.373 bits per heavy atom. The van der Waals surface area contributed by atoms with E-state index in [4.69, 9.17) is 0 Å². The molecule has 0 aliphatic heterocycles. The molecule has 2 heteroatoms. The number of rotatable bonds is 6. The van der Waals surface area contributed by atoms with Gasteiger partial charge in [-0.3, -0.25) is 0 Å². The largest absolute Gasteiger partial charge is 0.309 e. The van der Waals surface area contributed by atoms with Gasteiger partial charge in [-0.15, -0.1) is 11.3 Å². The van der Waals surface area contributed by atoms with Crippen molar-refractivity contribution in [3.05, 3.63) is 247 Å². The molecule has 1 nitrogen and oxygen atoms in total. The first kappa shape index (κ1) is 33.8. The minimum Gasteiger partial charge on any atom is -0.309 e. The molecule has 0 unspecified atom stereocenters. The van der Waals surface area contributed by atoms with Crippen molar-refractivity contribution in [2.45, 2.75) is 5.41 Å². The minimum atomic E-state index is -0.504. The Kier molecular flexibility index (Phi) is 7.69. The molecular weight excluding hydrogens is 731 g/mol. The van der Waals surface area contributed by atoms with Crippen LogP contribution in [0.15, 0.2) is 224 Å². The maximum atomic E-state index is 2.52. The van der Waals surface area contributed by atoms with Gasteiger partial charge in [0.25, 0.3) is 0 Å². The van der Waals surface area contributed by atoms with Gasteiger partial charge < -0.3 is 4.90 Å². The Balaban J connectivity index is 1.13. The third-order valence-electron chi connectivity index (χ3n) is 12.5. The van der Waals surface area contributed by atoms with Crippen LogP contribution >= 0.6 is 11.3 Å². The summed E-state index contributed by atoms with van der Waals surface area (Å²) in [5.41, 5.74) is 13.0. The van der Waals surface area contributed by atoms with Crippen LogP contribution in [0, 0.1) is 0 Å². The molecule has 0 radical (unpaired) electrons. The fourth-order valence-electron chi connectivity index (χ4n) is 10.0. The zero-order valence-corrected chi connectivity index (χ0v) is 33.0. The third kappa shape index (κ3) is 5.10. The zero-order valence-electron chi connectivity index (χ0n) is 32.2. The summed E-state index contributed by atoms with van der Waals surface area (Å²) in [6.45, 7) is 0. The van der Waals surface area contributed by atoms with Crippen molar-refractivity contribution >= 4 is 70.1 Å². The van der Waals surface area contributed by atoms with E-state index in [-0.39, 0.29) is 0 Å². The summed E-state index contributed by atoms with van der Waals surface area (Å²) in [6, 6.07) is 83.2.